The van der Waals surface area contributed by atoms with Gasteiger partial charge in [-0.05, 0) is 83.5 Å². The highest BCUT2D eigenvalue weighted by Gasteiger charge is 2.19. The summed E-state index contributed by atoms with van der Waals surface area (Å²) < 4.78 is 17.0. The van der Waals surface area contributed by atoms with E-state index in [1.54, 1.807) is 0 Å². The van der Waals surface area contributed by atoms with Gasteiger partial charge in [0, 0.05) is 19.3 Å². The molecule has 478 valence electrons. The second-order valence-electron chi connectivity index (χ2n) is 24.5. The predicted molar refractivity (Wildman–Crippen MR) is 358 cm³/mol. The van der Waals surface area contributed by atoms with Crippen molar-refractivity contribution in [2.24, 2.45) is 0 Å². The zero-order chi connectivity index (χ0) is 59.2. The van der Waals surface area contributed by atoms with E-state index in [1.807, 2.05) is 0 Å². The summed E-state index contributed by atoms with van der Waals surface area (Å²) in [6, 6.07) is 0. The van der Waals surface area contributed by atoms with Crippen LogP contribution >= 0.6 is 0 Å². The Labute approximate surface area is 510 Å². The Bertz CT molecular complexity index is 1460. The van der Waals surface area contributed by atoms with Gasteiger partial charge in [0.2, 0.25) is 0 Å². The van der Waals surface area contributed by atoms with Crippen LogP contribution in [0.2, 0.25) is 0 Å². The second-order valence-corrected chi connectivity index (χ2v) is 24.5. The predicted octanol–water partition coefficient (Wildman–Crippen LogP) is 25.1. The number of allylic oxidation sites excluding steroid dienone is 10. The summed E-state index contributed by atoms with van der Waals surface area (Å²) in [6.45, 7) is 6.58. The minimum absolute atomic E-state index is 0.0705. The Balaban J connectivity index is 4.14. The fourth-order valence-electron chi connectivity index (χ4n) is 10.8. The average Bonchev–Trinajstić information content (AvgIpc) is 3.47. The van der Waals surface area contributed by atoms with E-state index >= 15 is 0 Å². The van der Waals surface area contributed by atoms with E-state index in [0.29, 0.717) is 19.3 Å². The third-order valence-electron chi connectivity index (χ3n) is 16.3. The summed E-state index contributed by atoms with van der Waals surface area (Å²) >= 11 is 0. The number of carbonyl (C=O) groups is 3. The van der Waals surface area contributed by atoms with Gasteiger partial charge in [-0.25, -0.2) is 0 Å². The molecule has 0 spiro atoms. The van der Waals surface area contributed by atoms with Crippen LogP contribution in [0.4, 0.5) is 0 Å². The van der Waals surface area contributed by atoms with Gasteiger partial charge in [0.15, 0.2) is 6.10 Å². The van der Waals surface area contributed by atoms with E-state index in [1.165, 1.54) is 257 Å². The lowest BCUT2D eigenvalue weighted by molar-refractivity contribution is -0.167. The molecule has 0 bridgehead atoms. The molecule has 1 atom stereocenters. The first-order valence-corrected chi connectivity index (χ1v) is 36.3. The molecule has 0 aromatic carbocycles. The normalized spacial score (nSPS) is 12.4. The highest BCUT2D eigenvalue weighted by Crippen LogP contribution is 2.18. The minimum atomic E-state index is -0.775. The monoisotopic (exact) mass is 1150 g/mol. The number of ether oxygens (including phenoxy) is 3. The molecule has 0 radical (unpaired) electrons. The number of hydrogen-bond donors (Lipinski definition) is 0. The lowest BCUT2D eigenvalue weighted by atomic mass is 10.0. The average molecular weight is 1150 g/mol. The van der Waals surface area contributed by atoms with Crippen LogP contribution in [0.25, 0.3) is 0 Å². The van der Waals surface area contributed by atoms with Gasteiger partial charge in [0.05, 0.1) is 0 Å². The summed E-state index contributed by atoms with van der Waals surface area (Å²) in [7, 11) is 0. The molecule has 0 amide bonds. The molecule has 0 aromatic rings. The van der Waals surface area contributed by atoms with Crippen LogP contribution in [0.5, 0.6) is 0 Å². The van der Waals surface area contributed by atoms with Crippen molar-refractivity contribution in [1.82, 2.24) is 0 Å². The highest BCUT2D eigenvalue weighted by atomic mass is 16.6. The number of esters is 3. The molecule has 1 unspecified atom stereocenters. The first-order chi connectivity index (χ1) is 40.5. The highest BCUT2D eigenvalue weighted by molar-refractivity contribution is 5.71. The molecule has 0 N–H and O–H groups in total. The van der Waals surface area contributed by atoms with E-state index in [9.17, 15) is 14.4 Å². The maximum absolute atomic E-state index is 12.9. The first kappa shape index (κ1) is 79.1. The summed E-state index contributed by atoms with van der Waals surface area (Å²) in [5.41, 5.74) is 0. The fourth-order valence-corrected chi connectivity index (χ4v) is 10.8. The number of carbonyl (C=O) groups excluding carboxylic acids is 3. The smallest absolute Gasteiger partial charge is 0.306 e. The zero-order valence-electron chi connectivity index (χ0n) is 55.0. The Kier molecular flexibility index (Phi) is 68.1. The van der Waals surface area contributed by atoms with Crippen molar-refractivity contribution < 1.29 is 28.6 Å². The van der Waals surface area contributed by atoms with Crippen molar-refractivity contribution in [3.05, 3.63) is 60.8 Å². The van der Waals surface area contributed by atoms with Crippen molar-refractivity contribution in [1.29, 1.82) is 0 Å². The van der Waals surface area contributed by atoms with E-state index in [2.05, 4.69) is 81.5 Å². The van der Waals surface area contributed by atoms with Crippen LogP contribution in [0.3, 0.4) is 0 Å². The minimum Gasteiger partial charge on any atom is -0.462 e. The number of hydrogen-bond acceptors (Lipinski definition) is 6. The third kappa shape index (κ3) is 67.9. The molecule has 0 saturated carbocycles. The Morgan fingerprint density at radius 2 is 0.476 bits per heavy atom. The first-order valence-electron chi connectivity index (χ1n) is 36.3. The lowest BCUT2D eigenvalue weighted by Gasteiger charge is -2.18. The maximum atomic E-state index is 12.9. The van der Waals surface area contributed by atoms with Gasteiger partial charge in [0.25, 0.3) is 0 Å². The molecule has 0 rings (SSSR count). The van der Waals surface area contributed by atoms with E-state index in [-0.39, 0.29) is 31.1 Å². The molecule has 82 heavy (non-hydrogen) atoms. The van der Waals surface area contributed by atoms with Crippen molar-refractivity contribution >= 4 is 17.9 Å². The largest absolute Gasteiger partial charge is 0.462 e. The molecular weight excluding hydrogens is 1010 g/mol. The molecule has 0 aliphatic heterocycles. The topological polar surface area (TPSA) is 78.9 Å². The summed E-state index contributed by atoms with van der Waals surface area (Å²) in [4.78, 5) is 38.4. The van der Waals surface area contributed by atoms with Gasteiger partial charge in [-0.3, -0.25) is 14.4 Å². The van der Waals surface area contributed by atoms with Gasteiger partial charge >= 0.3 is 17.9 Å². The van der Waals surface area contributed by atoms with Crippen LogP contribution in [-0.4, -0.2) is 37.2 Å². The van der Waals surface area contributed by atoms with Crippen LogP contribution in [0.15, 0.2) is 60.8 Å². The van der Waals surface area contributed by atoms with Gasteiger partial charge in [-0.2, -0.15) is 0 Å². The lowest BCUT2D eigenvalue weighted by Crippen LogP contribution is -2.30. The van der Waals surface area contributed by atoms with Crippen molar-refractivity contribution in [3.8, 4) is 0 Å². The molecular formula is C76H138O6. The van der Waals surface area contributed by atoms with Gasteiger partial charge < -0.3 is 14.2 Å². The number of rotatable bonds is 67. The van der Waals surface area contributed by atoms with Gasteiger partial charge in [-0.15, -0.1) is 0 Å². The molecule has 0 aliphatic rings. The molecule has 0 aromatic heterocycles. The van der Waals surface area contributed by atoms with Gasteiger partial charge in [0.1, 0.15) is 13.2 Å². The summed E-state index contributed by atoms with van der Waals surface area (Å²) in [5, 5.41) is 0. The Morgan fingerprint density at radius 1 is 0.256 bits per heavy atom. The SMILES string of the molecule is CC/C=C\C/C=C\C/C=C\C/C=C\CCCCCCCCCCCCCCCCCCCCCCC(=O)OCC(COC(=O)CCCCCCCCCCCCCCCCC)OC(=O)CCCCCCC/C=C\CCCCCCCCC. The fraction of sp³-hybridized carbons (Fsp3) is 0.829. The van der Waals surface area contributed by atoms with E-state index in [0.717, 1.165) is 89.9 Å². The Hall–Kier alpha value is -2.89. The molecule has 0 saturated heterocycles. The van der Waals surface area contributed by atoms with Crippen LogP contribution in [0.1, 0.15) is 387 Å². The van der Waals surface area contributed by atoms with Crippen LogP contribution in [-0.2, 0) is 28.6 Å². The maximum Gasteiger partial charge on any atom is 0.306 e. The third-order valence-corrected chi connectivity index (χ3v) is 16.3. The zero-order valence-corrected chi connectivity index (χ0v) is 55.0. The quantitative estimate of drug-likeness (QED) is 0.0261. The molecule has 0 heterocycles. The van der Waals surface area contributed by atoms with Crippen molar-refractivity contribution in [3.63, 3.8) is 0 Å². The molecule has 0 fully saturated rings. The van der Waals surface area contributed by atoms with Crippen molar-refractivity contribution in [2.45, 2.75) is 393 Å². The van der Waals surface area contributed by atoms with E-state index < -0.39 is 6.10 Å². The van der Waals surface area contributed by atoms with Gasteiger partial charge in [-0.1, -0.05) is 345 Å². The summed E-state index contributed by atoms with van der Waals surface area (Å²) in [5.74, 6) is -0.851. The van der Waals surface area contributed by atoms with Crippen molar-refractivity contribution in [2.75, 3.05) is 13.2 Å². The molecule has 0 aliphatic carbocycles. The standard InChI is InChI=1S/C76H138O6/c1-4-7-10-13-16-19-22-25-28-30-31-32-33-34-35-36-37-38-39-40-41-42-43-44-45-46-49-51-54-57-60-63-66-69-75(78)81-72-73(71-80-74(77)68-65-62-59-56-53-50-47-27-24-21-18-15-12-9-6-3)82-76(79)70-67-64-61-58-55-52-48-29-26-23-20-17-14-11-8-5-2/h7,10,16,19,25,28-29,31-32,48,73H,4-6,8-9,11-15,17-18,20-24,26-27,30,33-47,49-72H2,1-3H3/b10-7-,19-16-,28-25-,32-31-,48-29-. The molecule has 6 nitrogen and oxygen atoms in total. The second kappa shape index (κ2) is 70.6. The Morgan fingerprint density at radius 3 is 0.756 bits per heavy atom. The molecule has 6 heteroatoms. The van der Waals surface area contributed by atoms with Crippen LogP contribution < -0.4 is 0 Å². The van der Waals surface area contributed by atoms with Crippen LogP contribution in [0, 0.1) is 0 Å². The summed E-state index contributed by atoms with van der Waals surface area (Å²) in [6.07, 6.45) is 91.2. The number of unbranched alkanes of at least 4 members (excludes halogenated alkanes) is 46. The van der Waals surface area contributed by atoms with E-state index in [4.69, 9.17) is 14.2 Å².